The van der Waals surface area contributed by atoms with E-state index in [1.54, 1.807) is 14.0 Å². The maximum atomic E-state index is 12.5. The van der Waals surface area contributed by atoms with Crippen LogP contribution >= 0.6 is 0 Å². The van der Waals surface area contributed by atoms with Crippen LogP contribution in [0.1, 0.15) is 25.3 Å². The monoisotopic (exact) mass is 383 g/mol. The molecule has 148 valence electrons. The summed E-state index contributed by atoms with van der Waals surface area (Å²) in [5, 5.41) is 12.2. The molecule has 0 unspecified atom stereocenters. The smallest absolute Gasteiger partial charge is 0.326 e. The van der Waals surface area contributed by atoms with Crippen LogP contribution in [0.15, 0.2) is 48.5 Å². The summed E-state index contributed by atoms with van der Waals surface area (Å²) in [5.41, 5.74) is 1.82. The molecule has 0 spiro atoms. The van der Waals surface area contributed by atoms with Crippen LogP contribution in [0.2, 0.25) is 0 Å². The Balaban J connectivity index is 1.72. The number of hydrogen-bond acceptors (Lipinski definition) is 4. The molecule has 2 aromatic carbocycles. The predicted molar refractivity (Wildman–Crippen MR) is 105 cm³/mol. The number of hydrogen-bond donors (Lipinski definition) is 2. The Morgan fingerprint density at radius 3 is 2.54 bits per heavy atom. The molecule has 3 rings (SSSR count). The molecule has 2 atom stereocenters. The van der Waals surface area contributed by atoms with Gasteiger partial charge in [0.1, 0.15) is 17.4 Å². The lowest BCUT2D eigenvalue weighted by molar-refractivity contribution is -0.147. The number of nitrogens with one attached hydrogen (secondary N) is 1. The number of carbonyl (C=O) groups is 2. The van der Waals surface area contributed by atoms with E-state index in [0.29, 0.717) is 13.0 Å². The summed E-state index contributed by atoms with van der Waals surface area (Å²) < 4.78 is 10.9. The summed E-state index contributed by atoms with van der Waals surface area (Å²) in [7, 11) is 1.63. The lowest BCUT2D eigenvalue weighted by atomic mass is 9.98. The highest BCUT2D eigenvalue weighted by Gasteiger charge is 2.39. The number of carboxylic acid groups (broad SMARTS) is 1. The van der Waals surface area contributed by atoms with E-state index >= 15 is 0 Å². The van der Waals surface area contributed by atoms with E-state index in [4.69, 9.17) is 9.47 Å². The molecule has 0 aromatic heterocycles. The molecular weight excluding hydrogens is 358 g/mol. The van der Waals surface area contributed by atoms with Crippen LogP contribution in [0.5, 0.6) is 5.75 Å². The zero-order valence-electron chi connectivity index (χ0n) is 16.1. The lowest BCUT2D eigenvalue weighted by Crippen LogP contribution is -2.51. The summed E-state index contributed by atoms with van der Waals surface area (Å²) in [5.74, 6) is -0.664. The number of carboxylic acids is 1. The summed E-state index contributed by atoms with van der Waals surface area (Å²) in [4.78, 5) is 24.1. The first kappa shape index (κ1) is 19.9. The maximum absolute atomic E-state index is 12.5. The molecule has 2 N–H and O–H groups in total. The minimum absolute atomic E-state index is 0.198. The van der Waals surface area contributed by atoms with Crippen molar-refractivity contribution >= 4 is 11.9 Å². The molecule has 1 saturated heterocycles. The normalized spacial score (nSPS) is 19.8. The first-order valence-electron chi connectivity index (χ1n) is 9.33. The van der Waals surface area contributed by atoms with Crippen molar-refractivity contribution in [3.8, 4) is 16.9 Å². The van der Waals surface area contributed by atoms with Crippen molar-refractivity contribution in [3.05, 3.63) is 54.1 Å². The van der Waals surface area contributed by atoms with E-state index in [0.717, 1.165) is 28.9 Å². The van der Waals surface area contributed by atoms with E-state index in [1.165, 1.54) is 0 Å². The summed E-state index contributed by atoms with van der Waals surface area (Å²) in [6.07, 6.45) is 1.59. The molecular formula is C22H25NO5. The van der Waals surface area contributed by atoms with Gasteiger partial charge in [-0.05, 0) is 37.0 Å². The van der Waals surface area contributed by atoms with Crippen LogP contribution in [-0.4, -0.2) is 42.3 Å². The van der Waals surface area contributed by atoms with Crippen molar-refractivity contribution in [1.29, 1.82) is 0 Å². The van der Waals surface area contributed by atoms with Gasteiger partial charge in [0, 0.05) is 18.6 Å². The fraction of sp³-hybridized carbons (Fsp3) is 0.364. The first-order valence-corrected chi connectivity index (χ1v) is 9.33. The minimum Gasteiger partial charge on any atom is -0.496 e. The maximum Gasteiger partial charge on any atom is 0.326 e. The van der Waals surface area contributed by atoms with Gasteiger partial charge in [-0.25, -0.2) is 4.79 Å². The van der Waals surface area contributed by atoms with Crippen molar-refractivity contribution in [3.63, 3.8) is 0 Å². The Labute approximate surface area is 164 Å². The average Bonchev–Trinajstić information content (AvgIpc) is 3.16. The molecule has 2 aromatic rings. The van der Waals surface area contributed by atoms with Gasteiger partial charge in [0.2, 0.25) is 0 Å². The van der Waals surface area contributed by atoms with Crippen molar-refractivity contribution in [2.24, 2.45) is 0 Å². The number of benzene rings is 2. The zero-order chi connectivity index (χ0) is 20.1. The lowest BCUT2D eigenvalue weighted by Gasteiger charge is -2.24. The molecule has 6 nitrogen and oxygen atoms in total. The largest absolute Gasteiger partial charge is 0.496 e. The van der Waals surface area contributed by atoms with Crippen molar-refractivity contribution in [1.82, 2.24) is 5.32 Å². The Bertz CT molecular complexity index is 840. The second kappa shape index (κ2) is 8.44. The van der Waals surface area contributed by atoms with Gasteiger partial charge in [-0.1, -0.05) is 42.5 Å². The molecule has 0 aliphatic carbocycles. The van der Waals surface area contributed by atoms with E-state index in [1.807, 2.05) is 48.5 Å². The van der Waals surface area contributed by atoms with E-state index in [-0.39, 0.29) is 12.3 Å². The number of rotatable bonds is 7. The summed E-state index contributed by atoms with van der Waals surface area (Å²) >= 11 is 0. The standard InChI is InChI=1S/C22H25NO5/c1-22(12-5-13-28-22)21(26)23-18(20(24)25)14-15-8-10-16(11-9-15)17-6-3-4-7-19(17)27-2/h3-4,6-11,18H,5,12-14H2,1-2H3,(H,23,26)(H,24,25)/t18-,22-/m0/s1. The molecule has 1 amide bonds. The van der Waals surface area contributed by atoms with Crippen LogP contribution in [0, 0.1) is 0 Å². The zero-order valence-corrected chi connectivity index (χ0v) is 16.1. The molecule has 28 heavy (non-hydrogen) atoms. The molecule has 1 aliphatic heterocycles. The number of ether oxygens (including phenoxy) is 2. The van der Waals surface area contributed by atoms with Gasteiger partial charge in [0.05, 0.1) is 7.11 Å². The van der Waals surface area contributed by atoms with Crippen LogP contribution in [0.25, 0.3) is 11.1 Å². The summed E-state index contributed by atoms with van der Waals surface area (Å²) in [6.45, 7) is 2.22. The molecule has 0 saturated carbocycles. The molecule has 6 heteroatoms. The van der Waals surface area contributed by atoms with Gasteiger partial charge in [0.25, 0.3) is 5.91 Å². The first-order chi connectivity index (χ1) is 13.4. The fourth-order valence-electron chi connectivity index (χ4n) is 3.41. The quantitative estimate of drug-likeness (QED) is 0.768. The van der Waals surface area contributed by atoms with Crippen LogP contribution < -0.4 is 10.1 Å². The van der Waals surface area contributed by atoms with Gasteiger partial charge in [-0.3, -0.25) is 4.79 Å². The Morgan fingerprint density at radius 1 is 1.21 bits per heavy atom. The van der Waals surface area contributed by atoms with E-state index < -0.39 is 17.6 Å². The highest BCUT2D eigenvalue weighted by atomic mass is 16.5. The van der Waals surface area contributed by atoms with E-state index in [2.05, 4.69) is 5.32 Å². The summed E-state index contributed by atoms with van der Waals surface area (Å²) in [6, 6.07) is 14.3. The Morgan fingerprint density at radius 2 is 1.93 bits per heavy atom. The number of aliphatic carboxylic acids is 1. The second-order valence-corrected chi connectivity index (χ2v) is 7.15. The van der Waals surface area contributed by atoms with Crippen LogP contribution in [0.4, 0.5) is 0 Å². The predicted octanol–water partition coefficient (Wildman–Crippen LogP) is 3.04. The van der Waals surface area contributed by atoms with Gasteiger partial charge < -0.3 is 19.9 Å². The molecule has 1 aliphatic rings. The topological polar surface area (TPSA) is 84.9 Å². The van der Waals surface area contributed by atoms with Crippen molar-refractivity contribution < 1.29 is 24.2 Å². The Kier molecular flexibility index (Phi) is 5.99. The third-order valence-corrected chi connectivity index (χ3v) is 5.11. The van der Waals surface area contributed by atoms with Gasteiger partial charge in [-0.2, -0.15) is 0 Å². The number of carbonyl (C=O) groups excluding carboxylic acids is 1. The number of para-hydroxylation sites is 1. The number of methoxy groups -OCH3 is 1. The average molecular weight is 383 g/mol. The van der Waals surface area contributed by atoms with E-state index in [9.17, 15) is 14.7 Å². The van der Waals surface area contributed by atoms with Gasteiger partial charge >= 0.3 is 5.97 Å². The minimum atomic E-state index is -1.07. The highest BCUT2D eigenvalue weighted by Crippen LogP contribution is 2.30. The fourth-order valence-corrected chi connectivity index (χ4v) is 3.41. The highest BCUT2D eigenvalue weighted by molar-refractivity contribution is 5.89. The Hall–Kier alpha value is -2.86. The molecule has 0 radical (unpaired) electrons. The third kappa shape index (κ3) is 4.34. The third-order valence-electron chi connectivity index (χ3n) is 5.11. The van der Waals surface area contributed by atoms with Crippen LogP contribution in [0.3, 0.4) is 0 Å². The van der Waals surface area contributed by atoms with Crippen molar-refractivity contribution in [2.75, 3.05) is 13.7 Å². The number of amides is 1. The SMILES string of the molecule is COc1ccccc1-c1ccc(C[C@H](NC(=O)[C@]2(C)CCCO2)C(=O)O)cc1. The molecule has 1 heterocycles. The second-order valence-electron chi connectivity index (χ2n) is 7.15. The van der Waals surface area contributed by atoms with Gasteiger partial charge in [0.15, 0.2) is 0 Å². The van der Waals surface area contributed by atoms with Gasteiger partial charge in [-0.15, -0.1) is 0 Å². The molecule has 0 bridgehead atoms. The van der Waals surface area contributed by atoms with Crippen LogP contribution in [-0.2, 0) is 20.7 Å². The molecule has 1 fully saturated rings. The van der Waals surface area contributed by atoms with Crippen molar-refractivity contribution in [2.45, 2.75) is 37.8 Å².